The van der Waals surface area contributed by atoms with Gasteiger partial charge < -0.3 is 34.0 Å². The number of likely N-dealkylation sites (N-methyl/N-ethyl adjacent to an activating group) is 1. The van der Waals surface area contributed by atoms with Crippen molar-refractivity contribution in [3.8, 4) is 0 Å². The van der Waals surface area contributed by atoms with Gasteiger partial charge in [0, 0.05) is 39.1 Å². The summed E-state index contributed by atoms with van der Waals surface area (Å²) in [6, 6.07) is 0. The van der Waals surface area contributed by atoms with E-state index in [9.17, 15) is 19.5 Å². The third kappa shape index (κ3) is 37.3. The van der Waals surface area contributed by atoms with E-state index in [0.29, 0.717) is 32.4 Å². The Hall–Kier alpha value is -1.40. The van der Waals surface area contributed by atoms with Gasteiger partial charge in [0.25, 0.3) is 0 Å². The zero-order valence-electron chi connectivity index (χ0n) is 47.1. The minimum atomic E-state index is -1.10. The van der Waals surface area contributed by atoms with E-state index < -0.39 is 34.6 Å². The number of carbonyl (C=O) groups is 3. The number of nitrogens with zero attached hydrogens (tertiary/aromatic N) is 3. The van der Waals surface area contributed by atoms with Crippen LogP contribution in [0.25, 0.3) is 0 Å². The van der Waals surface area contributed by atoms with Crippen molar-refractivity contribution >= 4 is 29.7 Å². The molecule has 10 nitrogen and oxygen atoms in total. The topological polar surface area (TPSA) is 109 Å². The van der Waals surface area contributed by atoms with Gasteiger partial charge >= 0.3 is 17.9 Å². The highest BCUT2D eigenvalue weighted by Gasteiger charge is 2.36. The number of piperazine rings is 1. The largest absolute Gasteiger partial charge is 0.463 e. The molecule has 0 aromatic heterocycles. The summed E-state index contributed by atoms with van der Waals surface area (Å²) in [6.45, 7) is 20.6. The van der Waals surface area contributed by atoms with Crippen LogP contribution in [-0.4, -0.2) is 133 Å². The van der Waals surface area contributed by atoms with Crippen LogP contribution in [0.15, 0.2) is 0 Å². The average molecular weight is 1010 g/mol. The second kappa shape index (κ2) is 47.3. The van der Waals surface area contributed by atoms with Gasteiger partial charge in [0.1, 0.15) is 11.4 Å². The lowest BCUT2D eigenvalue weighted by atomic mass is 10.0. The van der Waals surface area contributed by atoms with E-state index in [4.69, 9.17) is 14.2 Å². The van der Waals surface area contributed by atoms with Crippen LogP contribution >= 0.6 is 11.8 Å². The Morgan fingerprint density at radius 1 is 0.543 bits per heavy atom. The summed E-state index contributed by atoms with van der Waals surface area (Å²) in [4.78, 5) is 49.0. The van der Waals surface area contributed by atoms with Crippen LogP contribution in [-0.2, 0) is 28.6 Å². The van der Waals surface area contributed by atoms with E-state index in [1.165, 1.54) is 127 Å². The lowest BCUT2D eigenvalue weighted by Gasteiger charge is -2.33. The summed E-state index contributed by atoms with van der Waals surface area (Å²) < 4.78 is 18.3. The third-order valence-electron chi connectivity index (χ3n) is 14.4. The molecule has 1 aliphatic heterocycles. The molecule has 1 saturated heterocycles. The Labute approximate surface area is 437 Å². The molecular weight excluding hydrogens is 895 g/mol. The molecule has 0 spiro atoms. The quantitative estimate of drug-likeness (QED) is 0.0357. The van der Waals surface area contributed by atoms with Gasteiger partial charge in [-0.1, -0.05) is 195 Å². The smallest absolute Gasteiger partial charge is 0.348 e. The minimum Gasteiger partial charge on any atom is -0.463 e. The first-order valence-corrected chi connectivity index (χ1v) is 31.1. The summed E-state index contributed by atoms with van der Waals surface area (Å²) in [5, 5.41) is 10.2. The Morgan fingerprint density at radius 2 is 1.00 bits per heavy atom. The molecular formula is C59H115N3O7S. The molecule has 0 radical (unpaired) electrons. The van der Waals surface area contributed by atoms with Crippen molar-refractivity contribution in [2.45, 2.75) is 295 Å². The van der Waals surface area contributed by atoms with Crippen LogP contribution in [0.3, 0.4) is 0 Å². The lowest BCUT2D eigenvalue weighted by molar-refractivity contribution is -0.168. The van der Waals surface area contributed by atoms with Crippen molar-refractivity contribution in [3.05, 3.63) is 0 Å². The zero-order valence-corrected chi connectivity index (χ0v) is 48.0. The summed E-state index contributed by atoms with van der Waals surface area (Å²) in [5.74, 6) is -1.16. The fourth-order valence-electron chi connectivity index (χ4n) is 9.73. The van der Waals surface area contributed by atoms with Gasteiger partial charge in [0.05, 0.1) is 18.0 Å². The molecule has 1 aliphatic rings. The number of aliphatic hydroxyl groups is 1. The highest BCUT2D eigenvalue weighted by atomic mass is 32.2. The van der Waals surface area contributed by atoms with Crippen molar-refractivity contribution < 1.29 is 33.7 Å². The number of thioether (sulfide) groups is 1. The molecule has 0 aromatic carbocycles. The third-order valence-corrected chi connectivity index (χ3v) is 15.8. The first-order valence-electron chi connectivity index (χ1n) is 30.1. The van der Waals surface area contributed by atoms with Crippen molar-refractivity contribution in [2.75, 3.05) is 66.0 Å². The van der Waals surface area contributed by atoms with Crippen molar-refractivity contribution in [3.63, 3.8) is 0 Å². The minimum absolute atomic E-state index is 0.102. The van der Waals surface area contributed by atoms with E-state index in [-0.39, 0.29) is 25.1 Å². The van der Waals surface area contributed by atoms with Gasteiger partial charge in [-0.25, -0.2) is 4.79 Å². The van der Waals surface area contributed by atoms with E-state index in [0.717, 1.165) is 123 Å². The number of hydrogen-bond acceptors (Lipinski definition) is 11. The lowest BCUT2D eigenvalue weighted by Crippen LogP contribution is -2.45. The molecule has 1 rings (SSSR count). The fraction of sp³-hybridized carbons (Fsp3) is 0.949. The van der Waals surface area contributed by atoms with E-state index >= 15 is 0 Å². The molecule has 1 N–H and O–H groups in total. The molecule has 0 aromatic rings. The summed E-state index contributed by atoms with van der Waals surface area (Å²) in [6.07, 6.45) is 36.5. The summed E-state index contributed by atoms with van der Waals surface area (Å²) in [5.41, 5.74) is 0. The van der Waals surface area contributed by atoms with Crippen LogP contribution in [0.2, 0.25) is 0 Å². The highest BCUT2D eigenvalue weighted by molar-refractivity contribution is 8.01. The van der Waals surface area contributed by atoms with E-state index in [1.54, 1.807) is 0 Å². The number of carbonyl (C=O) groups excluding carboxylic acids is 3. The number of unbranched alkanes of at least 4 members (excludes halogenated alkanes) is 23. The SMILES string of the molecule is CCCCCCCCCCC(CCCCCCCCCC)OC(=O)C(C)SC(CCCCCCC)C(OC(=O)CCCN(CCCN1CCN(C)CC1)CC(O)CCCCCCCC)C(=O)OCCC. The molecule has 11 heteroatoms. The maximum atomic E-state index is 14.0. The first-order chi connectivity index (χ1) is 34.1. The van der Waals surface area contributed by atoms with Crippen molar-refractivity contribution in [2.24, 2.45) is 0 Å². The monoisotopic (exact) mass is 1010 g/mol. The predicted octanol–water partition coefficient (Wildman–Crippen LogP) is 14.5. The molecule has 1 heterocycles. The maximum absolute atomic E-state index is 14.0. The van der Waals surface area contributed by atoms with Gasteiger partial charge in [-0.15, -0.1) is 11.8 Å². The zero-order chi connectivity index (χ0) is 51.3. The first kappa shape index (κ1) is 66.6. The standard InChI is InChI=1S/C59H115N3O7S/c1-8-13-17-21-24-26-30-33-39-54(40-34-31-27-25-22-18-14-9-2)68-58(65)52(6)70-55(41-35-28-20-16-11-4)57(59(66)67-50-12-5)69-56(64)42-36-43-62(45-37-44-61-48-46-60(7)47-49-61)51-53(63)38-32-29-23-19-15-10-3/h52-55,57,63H,8-51H2,1-7H3. The van der Waals surface area contributed by atoms with Crippen LogP contribution < -0.4 is 0 Å². The summed E-state index contributed by atoms with van der Waals surface area (Å²) >= 11 is 1.43. The van der Waals surface area contributed by atoms with Crippen LogP contribution in [0.5, 0.6) is 0 Å². The van der Waals surface area contributed by atoms with Crippen molar-refractivity contribution in [1.29, 1.82) is 0 Å². The van der Waals surface area contributed by atoms with Gasteiger partial charge in [-0.2, -0.15) is 0 Å². The van der Waals surface area contributed by atoms with E-state index in [2.05, 4.69) is 49.4 Å². The highest BCUT2D eigenvalue weighted by Crippen LogP contribution is 2.31. The predicted molar refractivity (Wildman–Crippen MR) is 298 cm³/mol. The molecule has 0 saturated carbocycles. The van der Waals surface area contributed by atoms with Crippen LogP contribution in [0, 0.1) is 0 Å². The van der Waals surface area contributed by atoms with E-state index in [1.807, 2.05) is 13.8 Å². The Balaban J connectivity index is 3.08. The number of esters is 3. The van der Waals surface area contributed by atoms with Gasteiger partial charge in [-0.05, 0) is 91.4 Å². The molecule has 0 amide bonds. The molecule has 0 bridgehead atoms. The molecule has 414 valence electrons. The van der Waals surface area contributed by atoms with Crippen LogP contribution in [0.4, 0.5) is 0 Å². The van der Waals surface area contributed by atoms with Gasteiger partial charge in [-0.3, -0.25) is 9.59 Å². The number of aliphatic hydroxyl groups excluding tert-OH is 1. The second-order valence-corrected chi connectivity index (χ2v) is 22.9. The van der Waals surface area contributed by atoms with Gasteiger partial charge in [0.2, 0.25) is 6.10 Å². The number of hydrogen-bond donors (Lipinski definition) is 1. The molecule has 1 fully saturated rings. The molecule has 4 atom stereocenters. The molecule has 70 heavy (non-hydrogen) atoms. The maximum Gasteiger partial charge on any atom is 0.348 e. The van der Waals surface area contributed by atoms with Crippen LogP contribution in [0.1, 0.15) is 266 Å². The average Bonchev–Trinajstić information content (AvgIpc) is 3.35. The van der Waals surface area contributed by atoms with Crippen molar-refractivity contribution in [1.82, 2.24) is 14.7 Å². The summed E-state index contributed by atoms with van der Waals surface area (Å²) in [7, 11) is 2.18. The Bertz CT molecular complexity index is 1190. The Morgan fingerprint density at radius 3 is 1.50 bits per heavy atom. The Kier molecular flexibility index (Phi) is 45.0. The number of rotatable bonds is 50. The number of ether oxygens (including phenoxy) is 3. The normalized spacial score (nSPS) is 15.3. The van der Waals surface area contributed by atoms with Gasteiger partial charge in [0.15, 0.2) is 0 Å². The molecule has 4 unspecified atom stereocenters. The molecule has 0 aliphatic carbocycles. The fourth-order valence-corrected chi connectivity index (χ4v) is 11.0. The second-order valence-electron chi connectivity index (χ2n) is 21.3.